The monoisotopic (exact) mass is 260 g/mol. The van der Waals surface area contributed by atoms with Crippen molar-refractivity contribution in [3.63, 3.8) is 0 Å². The topological polar surface area (TPSA) is 58.2 Å². The second kappa shape index (κ2) is 8.64. The Hall–Kier alpha value is -0.420. The lowest BCUT2D eigenvalue weighted by Crippen LogP contribution is -2.35. The average Bonchev–Trinajstić information content (AvgIpc) is 2.37. The number of hydrogen-bond donors (Lipinski definition) is 2. The van der Waals surface area contributed by atoms with Crippen LogP contribution in [0.25, 0.3) is 0 Å². The van der Waals surface area contributed by atoms with Crippen molar-refractivity contribution in [2.45, 2.75) is 45.1 Å². The Morgan fingerprint density at radius 1 is 1.47 bits per heavy atom. The molecule has 0 aromatic carbocycles. The summed E-state index contributed by atoms with van der Waals surface area (Å²) in [5.41, 5.74) is 0. The molecule has 0 spiro atoms. The number of rotatable bonds is 7. The molecule has 1 rings (SSSR count). The maximum absolute atomic E-state index is 11.5. The molecule has 5 heteroatoms. The summed E-state index contributed by atoms with van der Waals surface area (Å²) in [6, 6.07) is 0.513. The zero-order valence-corrected chi connectivity index (χ0v) is 11.5. The second-order valence-corrected chi connectivity index (χ2v) is 6.33. The fourth-order valence-corrected chi connectivity index (χ4v) is 2.63. The molecule has 0 bridgehead atoms. The maximum Gasteiger partial charge on any atom is 0.220 e. The number of piperidine rings is 1. The predicted molar refractivity (Wildman–Crippen MR) is 71.4 cm³/mol. The number of carbonyl (C=O) groups excluding carboxylic acids is 1. The Labute approximate surface area is 106 Å². The Morgan fingerprint density at radius 2 is 2.29 bits per heavy atom. The molecule has 2 atom stereocenters. The maximum atomic E-state index is 11.5. The van der Waals surface area contributed by atoms with Gasteiger partial charge in [0, 0.05) is 41.3 Å². The number of nitrogens with one attached hydrogen (secondary N) is 2. The molecule has 0 aliphatic carbocycles. The van der Waals surface area contributed by atoms with Crippen molar-refractivity contribution in [3.05, 3.63) is 0 Å². The minimum absolute atomic E-state index is 0.0884. The molecule has 1 aliphatic heterocycles. The molecular formula is C12H24N2O2S. The number of amides is 1. The first-order valence-corrected chi connectivity index (χ1v) is 8.06. The van der Waals surface area contributed by atoms with Gasteiger partial charge in [0.25, 0.3) is 0 Å². The molecule has 1 fully saturated rings. The van der Waals surface area contributed by atoms with Crippen LogP contribution >= 0.6 is 0 Å². The molecule has 0 saturated carbocycles. The molecule has 4 nitrogen and oxygen atoms in total. The van der Waals surface area contributed by atoms with E-state index in [1.165, 1.54) is 19.3 Å². The first-order chi connectivity index (χ1) is 8.22. The van der Waals surface area contributed by atoms with Gasteiger partial charge in [-0.25, -0.2) is 0 Å². The summed E-state index contributed by atoms with van der Waals surface area (Å²) in [6.07, 6.45) is 5.21. The Balaban J connectivity index is 2.02. The van der Waals surface area contributed by atoms with Crippen LogP contribution in [0, 0.1) is 0 Å². The van der Waals surface area contributed by atoms with E-state index >= 15 is 0 Å². The SMILES string of the molecule is CCS(=O)CCNC(=O)CCC1CCCCN1. The van der Waals surface area contributed by atoms with Crippen molar-refractivity contribution in [2.24, 2.45) is 0 Å². The summed E-state index contributed by atoms with van der Waals surface area (Å²) in [6.45, 7) is 3.52. The standard InChI is InChI=1S/C12H24N2O2S/c1-2-17(16)10-9-14-12(15)7-6-11-5-3-4-8-13-11/h11,13H,2-10H2,1H3,(H,14,15). The van der Waals surface area contributed by atoms with E-state index < -0.39 is 10.8 Å². The molecule has 1 saturated heterocycles. The van der Waals surface area contributed by atoms with Gasteiger partial charge in [-0.1, -0.05) is 13.3 Å². The summed E-state index contributed by atoms with van der Waals surface area (Å²) in [5, 5.41) is 6.26. The van der Waals surface area contributed by atoms with Crippen LogP contribution in [0.3, 0.4) is 0 Å². The van der Waals surface area contributed by atoms with Gasteiger partial charge in [0.15, 0.2) is 0 Å². The van der Waals surface area contributed by atoms with Crippen LogP contribution in [0.5, 0.6) is 0 Å². The third-order valence-electron chi connectivity index (χ3n) is 3.11. The highest BCUT2D eigenvalue weighted by molar-refractivity contribution is 7.84. The molecule has 0 aromatic rings. The molecule has 17 heavy (non-hydrogen) atoms. The Bertz CT molecular complexity index is 253. The Morgan fingerprint density at radius 3 is 2.94 bits per heavy atom. The average molecular weight is 260 g/mol. The fraction of sp³-hybridized carbons (Fsp3) is 0.917. The minimum atomic E-state index is -0.779. The van der Waals surface area contributed by atoms with Crippen molar-refractivity contribution >= 4 is 16.7 Å². The number of carbonyl (C=O) groups is 1. The van der Waals surface area contributed by atoms with Gasteiger partial charge in [-0.05, 0) is 25.8 Å². The number of hydrogen-bond acceptors (Lipinski definition) is 3. The summed E-state index contributed by atoms with van der Waals surface area (Å²) in [7, 11) is -0.779. The Kier molecular flexibility index (Phi) is 7.44. The lowest BCUT2D eigenvalue weighted by atomic mass is 10.0. The van der Waals surface area contributed by atoms with Gasteiger partial charge in [-0.3, -0.25) is 9.00 Å². The van der Waals surface area contributed by atoms with Crippen molar-refractivity contribution in [3.8, 4) is 0 Å². The fourth-order valence-electron chi connectivity index (χ4n) is 2.01. The van der Waals surface area contributed by atoms with Gasteiger partial charge in [-0.15, -0.1) is 0 Å². The van der Waals surface area contributed by atoms with E-state index in [9.17, 15) is 9.00 Å². The zero-order chi connectivity index (χ0) is 12.5. The first-order valence-electron chi connectivity index (χ1n) is 6.57. The van der Waals surface area contributed by atoms with E-state index in [-0.39, 0.29) is 5.91 Å². The summed E-state index contributed by atoms with van der Waals surface area (Å²) in [4.78, 5) is 11.5. The van der Waals surface area contributed by atoms with Crippen molar-refractivity contribution in [1.29, 1.82) is 0 Å². The third kappa shape index (κ3) is 6.78. The lowest BCUT2D eigenvalue weighted by molar-refractivity contribution is -0.121. The normalized spacial score (nSPS) is 22.1. The second-order valence-electron chi connectivity index (χ2n) is 4.47. The molecule has 2 N–H and O–H groups in total. The molecule has 100 valence electrons. The predicted octanol–water partition coefficient (Wildman–Crippen LogP) is 0.793. The highest BCUT2D eigenvalue weighted by Crippen LogP contribution is 2.11. The van der Waals surface area contributed by atoms with E-state index in [1.807, 2.05) is 6.92 Å². The van der Waals surface area contributed by atoms with Crippen LogP contribution in [0.2, 0.25) is 0 Å². The smallest absolute Gasteiger partial charge is 0.220 e. The highest BCUT2D eigenvalue weighted by Gasteiger charge is 2.13. The first kappa shape index (κ1) is 14.6. The van der Waals surface area contributed by atoms with E-state index in [0.717, 1.165) is 13.0 Å². The molecule has 1 aliphatic rings. The van der Waals surface area contributed by atoms with Gasteiger partial charge in [-0.2, -0.15) is 0 Å². The van der Waals surface area contributed by atoms with Gasteiger partial charge in [0.05, 0.1) is 0 Å². The van der Waals surface area contributed by atoms with Crippen LogP contribution < -0.4 is 10.6 Å². The molecule has 2 unspecified atom stereocenters. The molecule has 1 heterocycles. The van der Waals surface area contributed by atoms with E-state index in [4.69, 9.17) is 0 Å². The molecule has 0 radical (unpaired) electrons. The van der Waals surface area contributed by atoms with Crippen LogP contribution in [-0.4, -0.2) is 40.8 Å². The van der Waals surface area contributed by atoms with E-state index in [2.05, 4.69) is 10.6 Å². The molecular weight excluding hydrogens is 236 g/mol. The minimum Gasteiger partial charge on any atom is -0.355 e. The van der Waals surface area contributed by atoms with Gasteiger partial charge >= 0.3 is 0 Å². The summed E-state index contributed by atoms with van der Waals surface area (Å²) >= 11 is 0. The van der Waals surface area contributed by atoms with Crippen molar-refractivity contribution in [2.75, 3.05) is 24.6 Å². The largest absolute Gasteiger partial charge is 0.355 e. The van der Waals surface area contributed by atoms with Gasteiger partial charge in [0.2, 0.25) is 5.91 Å². The van der Waals surface area contributed by atoms with Crippen molar-refractivity contribution < 1.29 is 9.00 Å². The van der Waals surface area contributed by atoms with Crippen LogP contribution in [0.15, 0.2) is 0 Å². The van der Waals surface area contributed by atoms with E-state index in [0.29, 0.717) is 30.5 Å². The van der Waals surface area contributed by atoms with Gasteiger partial charge in [0.1, 0.15) is 0 Å². The zero-order valence-electron chi connectivity index (χ0n) is 10.7. The summed E-state index contributed by atoms with van der Waals surface area (Å²) in [5.74, 6) is 1.33. The van der Waals surface area contributed by atoms with Gasteiger partial charge < -0.3 is 10.6 Å². The third-order valence-corrected chi connectivity index (χ3v) is 4.41. The summed E-state index contributed by atoms with van der Waals surface area (Å²) < 4.78 is 11.1. The van der Waals surface area contributed by atoms with E-state index in [1.54, 1.807) is 0 Å². The quantitative estimate of drug-likeness (QED) is 0.711. The molecule has 0 aromatic heterocycles. The van der Waals surface area contributed by atoms with Crippen LogP contribution in [-0.2, 0) is 15.6 Å². The highest BCUT2D eigenvalue weighted by atomic mass is 32.2. The lowest BCUT2D eigenvalue weighted by Gasteiger charge is -2.23. The van der Waals surface area contributed by atoms with Crippen molar-refractivity contribution in [1.82, 2.24) is 10.6 Å². The van der Waals surface area contributed by atoms with Crippen LogP contribution in [0.4, 0.5) is 0 Å². The van der Waals surface area contributed by atoms with Crippen LogP contribution in [0.1, 0.15) is 39.0 Å². The molecule has 1 amide bonds.